The van der Waals surface area contributed by atoms with Gasteiger partial charge in [0.15, 0.2) is 0 Å². The van der Waals surface area contributed by atoms with E-state index in [1.807, 2.05) is 13.8 Å². The molecule has 0 radical (unpaired) electrons. The van der Waals surface area contributed by atoms with Gasteiger partial charge >= 0.3 is 0 Å². The Hall–Kier alpha value is -0.610. The average molecular weight is 228 g/mol. The Morgan fingerprint density at radius 2 is 2.06 bits per heavy atom. The second kappa shape index (κ2) is 7.63. The lowest BCUT2D eigenvalue weighted by Gasteiger charge is -2.12. The molecule has 4 heteroatoms. The van der Waals surface area contributed by atoms with Crippen LogP contribution in [-0.4, -0.2) is 37.7 Å². The number of carbonyl (C=O) groups is 1. The van der Waals surface area contributed by atoms with Gasteiger partial charge < -0.3 is 15.4 Å². The summed E-state index contributed by atoms with van der Waals surface area (Å²) >= 11 is 0. The third-order valence-corrected chi connectivity index (χ3v) is 2.67. The van der Waals surface area contributed by atoms with Gasteiger partial charge in [0, 0.05) is 12.6 Å². The zero-order valence-corrected chi connectivity index (χ0v) is 10.4. The molecule has 0 bridgehead atoms. The molecule has 1 amide bonds. The lowest BCUT2D eigenvalue weighted by atomic mass is 10.3. The van der Waals surface area contributed by atoms with E-state index in [1.54, 1.807) is 0 Å². The summed E-state index contributed by atoms with van der Waals surface area (Å²) in [6.07, 6.45) is 5.47. The third-order valence-electron chi connectivity index (χ3n) is 2.67. The van der Waals surface area contributed by atoms with Gasteiger partial charge in [-0.2, -0.15) is 0 Å². The molecule has 1 rings (SSSR count). The van der Waals surface area contributed by atoms with Crippen molar-refractivity contribution in [2.24, 2.45) is 0 Å². The van der Waals surface area contributed by atoms with Gasteiger partial charge in [0.05, 0.1) is 19.3 Å². The Morgan fingerprint density at radius 3 is 2.69 bits per heavy atom. The number of hydrogen-bond donors (Lipinski definition) is 2. The minimum atomic E-state index is 0.0517. The number of nitrogens with one attached hydrogen (secondary N) is 2. The van der Waals surface area contributed by atoms with Crippen LogP contribution in [-0.2, 0) is 9.53 Å². The highest BCUT2D eigenvalue weighted by molar-refractivity contribution is 5.78. The van der Waals surface area contributed by atoms with Crippen molar-refractivity contribution in [3.05, 3.63) is 0 Å². The minimum absolute atomic E-state index is 0.0517. The first-order valence-corrected chi connectivity index (χ1v) is 6.30. The number of ether oxygens (including phenoxy) is 1. The van der Waals surface area contributed by atoms with Gasteiger partial charge in [0.2, 0.25) is 5.91 Å². The summed E-state index contributed by atoms with van der Waals surface area (Å²) in [6.45, 7) is 5.76. The standard InChI is InChI=1S/C12H24N2O2/c1-10(2)14-12(15)9-13-7-8-16-11-5-3-4-6-11/h10-11,13H,3-9H2,1-2H3,(H,14,15). The molecular formula is C12H24N2O2. The van der Waals surface area contributed by atoms with Crippen LogP contribution in [0.5, 0.6) is 0 Å². The number of hydrogen-bond acceptors (Lipinski definition) is 3. The number of amides is 1. The Labute approximate surface area is 98.1 Å². The van der Waals surface area contributed by atoms with Gasteiger partial charge in [-0.25, -0.2) is 0 Å². The molecule has 0 aromatic heterocycles. The quantitative estimate of drug-likeness (QED) is 0.641. The van der Waals surface area contributed by atoms with Crippen LogP contribution in [0.1, 0.15) is 39.5 Å². The third kappa shape index (κ3) is 6.08. The van der Waals surface area contributed by atoms with E-state index in [0.717, 1.165) is 6.54 Å². The first-order valence-electron chi connectivity index (χ1n) is 6.30. The Bertz CT molecular complexity index is 201. The van der Waals surface area contributed by atoms with Crippen molar-refractivity contribution in [3.63, 3.8) is 0 Å². The molecule has 0 atom stereocenters. The Morgan fingerprint density at radius 1 is 1.38 bits per heavy atom. The van der Waals surface area contributed by atoms with E-state index in [9.17, 15) is 4.79 Å². The summed E-state index contributed by atoms with van der Waals surface area (Å²) in [5.41, 5.74) is 0. The topological polar surface area (TPSA) is 50.4 Å². The van der Waals surface area contributed by atoms with Crippen LogP contribution in [0.4, 0.5) is 0 Å². The molecule has 94 valence electrons. The van der Waals surface area contributed by atoms with Gasteiger partial charge in [0.1, 0.15) is 0 Å². The van der Waals surface area contributed by atoms with E-state index >= 15 is 0 Å². The van der Waals surface area contributed by atoms with Crippen LogP contribution in [0.25, 0.3) is 0 Å². The smallest absolute Gasteiger partial charge is 0.234 e. The first-order chi connectivity index (χ1) is 7.68. The lowest BCUT2D eigenvalue weighted by molar-refractivity contribution is -0.120. The van der Waals surface area contributed by atoms with Gasteiger partial charge in [0.25, 0.3) is 0 Å². The molecule has 16 heavy (non-hydrogen) atoms. The summed E-state index contributed by atoms with van der Waals surface area (Å²) < 4.78 is 5.67. The zero-order chi connectivity index (χ0) is 11.8. The molecule has 1 fully saturated rings. The second-order valence-electron chi connectivity index (χ2n) is 4.68. The highest BCUT2D eigenvalue weighted by atomic mass is 16.5. The van der Waals surface area contributed by atoms with Gasteiger partial charge in [-0.3, -0.25) is 4.79 Å². The molecular weight excluding hydrogens is 204 g/mol. The van der Waals surface area contributed by atoms with E-state index in [-0.39, 0.29) is 11.9 Å². The first kappa shape index (κ1) is 13.5. The molecule has 0 heterocycles. The maximum Gasteiger partial charge on any atom is 0.234 e. The van der Waals surface area contributed by atoms with E-state index in [4.69, 9.17) is 4.74 Å². The maximum atomic E-state index is 11.3. The second-order valence-corrected chi connectivity index (χ2v) is 4.68. The fourth-order valence-electron chi connectivity index (χ4n) is 1.93. The largest absolute Gasteiger partial charge is 0.377 e. The summed E-state index contributed by atoms with van der Waals surface area (Å²) in [4.78, 5) is 11.3. The van der Waals surface area contributed by atoms with Crippen LogP contribution in [0.2, 0.25) is 0 Å². The fraction of sp³-hybridized carbons (Fsp3) is 0.917. The van der Waals surface area contributed by atoms with Crippen LogP contribution >= 0.6 is 0 Å². The normalized spacial score (nSPS) is 16.9. The molecule has 2 N–H and O–H groups in total. The van der Waals surface area contributed by atoms with Crippen molar-refractivity contribution in [3.8, 4) is 0 Å². The summed E-state index contributed by atoms with van der Waals surface area (Å²) in [5.74, 6) is 0.0517. The van der Waals surface area contributed by atoms with E-state index < -0.39 is 0 Å². The number of carbonyl (C=O) groups excluding carboxylic acids is 1. The van der Waals surface area contributed by atoms with Crippen molar-refractivity contribution in [1.82, 2.24) is 10.6 Å². The molecule has 1 aliphatic rings. The van der Waals surface area contributed by atoms with Gasteiger partial charge in [-0.15, -0.1) is 0 Å². The summed E-state index contributed by atoms with van der Waals surface area (Å²) in [7, 11) is 0. The summed E-state index contributed by atoms with van der Waals surface area (Å²) in [6, 6.07) is 0.212. The van der Waals surface area contributed by atoms with Crippen LogP contribution in [0.15, 0.2) is 0 Å². The summed E-state index contributed by atoms with van der Waals surface area (Å²) in [5, 5.41) is 5.91. The van der Waals surface area contributed by atoms with Crippen molar-refractivity contribution < 1.29 is 9.53 Å². The SMILES string of the molecule is CC(C)NC(=O)CNCCOC1CCCC1. The molecule has 0 aliphatic heterocycles. The van der Waals surface area contributed by atoms with Gasteiger partial charge in [-0.05, 0) is 26.7 Å². The van der Waals surface area contributed by atoms with Crippen LogP contribution in [0.3, 0.4) is 0 Å². The highest BCUT2D eigenvalue weighted by Crippen LogP contribution is 2.20. The molecule has 0 saturated heterocycles. The van der Waals surface area contributed by atoms with Gasteiger partial charge in [-0.1, -0.05) is 12.8 Å². The monoisotopic (exact) mass is 228 g/mol. The molecule has 0 spiro atoms. The Kier molecular flexibility index (Phi) is 6.42. The molecule has 0 aromatic rings. The van der Waals surface area contributed by atoms with Crippen LogP contribution < -0.4 is 10.6 Å². The molecule has 0 unspecified atom stereocenters. The van der Waals surface area contributed by atoms with E-state index in [1.165, 1.54) is 25.7 Å². The van der Waals surface area contributed by atoms with Crippen molar-refractivity contribution in [2.45, 2.75) is 51.7 Å². The predicted molar refractivity (Wildman–Crippen MR) is 64.4 cm³/mol. The zero-order valence-electron chi connectivity index (χ0n) is 10.4. The predicted octanol–water partition coefficient (Wildman–Crippen LogP) is 1.06. The minimum Gasteiger partial charge on any atom is -0.377 e. The molecule has 1 saturated carbocycles. The fourth-order valence-corrected chi connectivity index (χ4v) is 1.93. The lowest BCUT2D eigenvalue weighted by Crippen LogP contribution is -2.38. The molecule has 0 aromatic carbocycles. The van der Waals surface area contributed by atoms with E-state index in [0.29, 0.717) is 19.3 Å². The Balaban J connectivity index is 1.89. The highest BCUT2D eigenvalue weighted by Gasteiger charge is 2.14. The van der Waals surface area contributed by atoms with E-state index in [2.05, 4.69) is 10.6 Å². The molecule has 1 aliphatic carbocycles. The maximum absolute atomic E-state index is 11.3. The van der Waals surface area contributed by atoms with Crippen molar-refractivity contribution in [1.29, 1.82) is 0 Å². The van der Waals surface area contributed by atoms with Crippen LogP contribution in [0, 0.1) is 0 Å². The molecule has 4 nitrogen and oxygen atoms in total. The average Bonchev–Trinajstić information content (AvgIpc) is 2.68. The van der Waals surface area contributed by atoms with Crippen molar-refractivity contribution in [2.75, 3.05) is 19.7 Å². The number of rotatable bonds is 7. The van der Waals surface area contributed by atoms with Crippen molar-refractivity contribution >= 4 is 5.91 Å².